The first-order valence-corrected chi connectivity index (χ1v) is 7.93. The summed E-state index contributed by atoms with van der Waals surface area (Å²) in [4.78, 5) is 11.1. The van der Waals surface area contributed by atoms with E-state index in [9.17, 15) is 13.2 Å². The molecule has 0 atom stereocenters. The zero-order chi connectivity index (χ0) is 18.3. The molecule has 0 amide bonds. The van der Waals surface area contributed by atoms with Crippen LogP contribution in [0.25, 0.3) is 33.2 Å². The molecule has 10 heteroatoms. The number of anilines is 1. The van der Waals surface area contributed by atoms with E-state index in [4.69, 9.17) is 0 Å². The van der Waals surface area contributed by atoms with Crippen LogP contribution in [-0.2, 0) is 6.54 Å². The number of benzene rings is 1. The van der Waals surface area contributed by atoms with Gasteiger partial charge in [0.25, 0.3) is 0 Å². The van der Waals surface area contributed by atoms with Gasteiger partial charge in [0.05, 0.1) is 5.52 Å². The molecule has 3 heterocycles. The second kappa shape index (κ2) is 5.97. The van der Waals surface area contributed by atoms with Crippen LogP contribution in [-0.4, -0.2) is 42.7 Å². The van der Waals surface area contributed by atoms with Gasteiger partial charge < -0.3 is 10.3 Å². The largest absolute Gasteiger partial charge is 0.405 e. The number of alkyl halides is 3. The number of halogens is 3. The molecule has 0 saturated carbocycles. The number of rotatable bonds is 4. The predicted molar refractivity (Wildman–Crippen MR) is 90.6 cm³/mol. The van der Waals surface area contributed by atoms with Crippen LogP contribution in [0.15, 0.2) is 30.6 Å². The number of hydrogen-bond acceptors (Lipinski definition) is 5. The van der Waals surface area contributed by atoms with E-state index in [1.54, 1.807) is 10.9 Å². The van der Waals surface area contributed by atoms with Crippen molar-refractivity contribution in [3.05, 3.63) is 30.6 Å². The predicted octanol–water partition coefficient (Wildman–Crippen LogP) is 3.36. The van der Waals surface area contributed by atoms with Gasteiger partial charge in [-0.05, 0) is 24.6 Å². The molecular formula is C16H14F3N7. The molecule has 0 aliphatic heterocycles. The minimum Gasteiger partial charge on any atom is -0.345 e. The van der Waals surface area contributed by atoms with Crippen LogP contribution in [0.5, 0.6) is 0 Å². The highest BCUT2D eigenvalue weighted by molar-refractivity contribution is 5.95. The fourth-order valence-electron chi connectivity index (χ4n) is 2.78. The van der Waals surface area contributed by atoms with Gasteiger partial charge in [-0.3, -0.25) is 0 Å². The van der Waals surface area contributed by atoms with Gasteiger partial charge in [0, 0.05) is 29.9 Å². The quantitative estimate of drug-likeness (QED) is 0.582. The van der Waals surface area contributed by atoms with E-state index >= 15 is 0 Å². The number of aromatic amines is 1. The molecular weight excluding hydrogens is 347 g/mol. The lowest BCUT2D eigenvalue weighted by molar-refractivity contribution is -0.115. The Morgan fingerprint density at radius 2 is 2.12 bits per heavy atom. The fraction of sp³-hybridized carbons (Fsp3) is 0.250. The third kappa shape index (κ3) is 2.93. The van der Waals surface area contributed by atoms with E-state index in [1.165, 1.54) is 6.20 Å². The van der Waals surface area contributed by atoms with E-state index in [1.807, 2.05) is 25.1 Å². The summed E-state index contributed by atoms with van der Waals surface area (Å²) in [7, 11) is 0. The summed E-state index contributed by atoms with van der Waals surface area (Å²) in [6.07, 6.45) is -1.06. The lowest BCUT2D eigenvalue weighted by Gasteiger charge is -2.07. The van der Waals surface area contributed by atoms with Crippen LogP contribution in [0.3, 0.4) is 0 Å². The summed E-state index contributed by atoms with van der Waals surface area (Å²) in [6.45, 7) is 1.50. The third-order valence-electron chi connectivity index (χ3n) is 4.00. The van der Waals surface area contributed by atoms with Crippen LogP contribution in [0.1, 0.15) is 6.92 Å². The lowest BCUT2D eigenvalue weighted by Crippen LogP contribution is -2.22. The average molecular weight is 361 g/mol. The average Bonchev–Trinajstić information content (AvgIpc) is 3.22. The second-order valence-electron chi connectivity index (χ2n) is 5.74. The molecule has 4 aromatic rings. The normalized spacial score (nSPS) is 12.2. The molecule has 0 fully saturated rings. The van der Waals surface area contributed by atoms with Crippen LogP contribution in [0, 0.1) is 0 Å². The van der Waals surface area contributed by atoms with Gasteiger partial charge in [0.1, 0.15) is 17.7 Å². The Kier molecular flexibility index (Phi) is 3.74. The minimum absolute atomic E-state index is 0.0769. The molecule has 0 spiro atoms. The molecule has 0 saturated heterocycles. The SMILES string of the molecule is CCn1nnc2ccc(-c3c[nH]c4nc(NCC(F)(F)F)ncc34)cc21. The molecule has 26 heavy (non-hydrogen) atoms. The maximum Gasteiger partial charge on any atom is 0.405 e. The molecule has 0 bridgehead atoms. The van der Waals surface area contributed by atoms with Crippen molar-refractivity contribution in [3.8, 4) is 11.1 Å². The van der Waals surface area contributed by atoms with Crippen LogP contribution < -0.4 is 5.32 Å². The molecule has 0 radical (unpaired) electrons. The zero-order valence-corrected chi connectivity index (χ0v) is 13.7. The maximum absolute atomic E-state index is 12.3. The Morgan fingerprint density at radius 1 is 1.27 bits per heavy atom. The molecule has 2 N–H and O–H groups in total. The van der Waals surface area contributed by atoms with Crippen LogP contribution in [0.4, 0.5) is 19.1 Å². The maximum atomic E-state index is 12.3. The molecule has 7 nitrogen and oxygen atoms in total. The number of nitrogens with zero attached hydrogens (tertiary/aromatic N) is 5. The van der Waals surface area contributed by atoms with E-state index < -0.39 is 12.7 Å². The highest BCUT2D eigenvalue weighted by atomic mass is 19.4. The second-order valence-corrected chi connectivity index (χ2v) is 5.74. The van der Waals surface area contributed by atoms with Crippen LogP contribution in [0.2, 0.25) is 0 Å². The number of fused-ring (bicyclic) bond motifs is 2. The summed E-state index contributed by atoms with van der Waals surface area (Å²) in [5.41, 5.74) is 3.93. The molecule has 1 aromatic carbocycles. The van der Waals surface area contributed by atoms with Crippen molar-refractivity contribution in [1.82, 2.24) is 29.9 Å². The van der Waals surface area contributed by atoms with E-state index in [0.717, 1.165) is 27.5 Å². The number of hydrogen-bond donors (Lipinski definition) is 2. The van der Waals surface area contributed by atoms with Gasteiger partial charge in [-0.25, -0.2) is 9.67 Å². The van der Waals surface area contributed by atoms with E-state index in [0.29, 0.717) is 12.2 Å². The van der Waals surface area contributed by atoms with Crippen LogP contribution >= 0.6 is 0 Å². The van der Waals surface area contributed by atoms with Crippen molar-refractivity contribution < 1.29 is 13.2 Å². The molecule has 0 aliphatic carbocycles. The van der Waals surface area contributed by atoms with Crippen molar-refractivity contribution in [1.29, 1.82) is 0 Å². The van der Waals surface area contributed by atoms with E-state index in [-0.39, 0.29) is 5.95 Å². The number of nitrogens with one attached hydrogen (secondary N) is 2. The summed E-state index contributed by atoms with van der Waals surface area (Å²) < 4.78 is 38.7. The standard InChI is InChI=1S/C16H14F3N7/c1-2-26-13-5-9(3-4-12(13)24-25-26)10-6-20-14-11(10)7-21-15(23-14)22-8-16(17,18)19/h3-7H,2,8H2,1H3,(H2,20,21,22,23). The van der Waals surface area contributed by atoms with Crippen molar-refractivity contribution in [2.75, 3.05) is 11.9 Å². The van der Waals surface area contributed by atoms with Crippen molar-refractivity contribution in [2.45, 2.75) is 19.6 Å². The summed E-state index contributed by atoms with van der Waals surface area (Å²) >= 11 is 0. The highest BCUT2D eigenvalue weighted by Crippen LogP contribution is 2.30. The number of H-pyrrole nitrogens is 1. The van der Waals surface area contributed by atoms with Gasteiger partial charge >= 0.3 is 6.18 Å². The van der Waals surface area contributed by atoms with Crippen molar-refractivity contribution in [2.24, 2.45) is 0 Å². The van der Waals surface area contributed by atoms with Crippen molar-refractivity contribution >= 4 is 28.0 Å². The summed E-state index contributed by atoms with van der Waals surface area (Å²) in [6, 6.07) is 5.76. The zero-order valence-electron chi connectivity index (χ0n) is 13.7. The Morgan fingerprint density at radius 3 is 2.88 bits per heavy atom. The Hall–Kier alpha value is -3.17. The molecule has 0 aliphatic rings. The Balaban J connectivity index is 1.71. The molecule has 4 rings (SSSR count). The first-order chi connectivity index (χ1) is 12.4. The van der Waals surface area contributed by atoms with Gasteiger partial charge in [-0.1, -0.05) is 11.3 Å². The summed E-state index contributed by atoms with van der Waals surface area (Å²) in [5, 5.41) is 11.1. The van der Waals surface area contributed by atoms with Gasteiger partial charge in [-0.2, -0.15) is 18.2 Å². The number of aryl methyl sites for hydroxylation is 1. The third-order valence-corrected chi connectivity index (χ3v) is 4.00. The smallest absolute Gasteiger partial charge is 0.345 e. The molecule has 0 unspecified atom stereocenters. The van der Waals surface area contributed by atoms with Gasteiger partial charge in [0.2, 0.25) is 5.95 Å². The first-order valence-electron chi connectivity index (χ1n) is 7.93. The Bertz CT molecular complexity index is 1080. The monoisotopic (exact) mass is 361 g/mol. The van der Waals surface area contributed by atoms with Gasteiger partial charge in [-0.15, -0.1) is 5.10 Å². The highest BCUT2D eigenvalue weighted by Gasteiger charge is 2.27. The first kappa shape index (κ1) is 16.3. The lowest BCUT2D eigenvalue weighted by atomic mass is 10.1. The van der Waals surface area contributed by atoms with Crippen molar-refractivity contribution in [3.63, 3.8) is 0 Å². The fourth-order valence-corrected chi connectivity index (χ4v) is 2.78. The minimum atomic E-state index is -4.33. The molecule has 134 valence electrons. The number of aromatic nitrogens is 6. The molecule has 3 aromatic heterocycles. The van der Waals surface area contributed by atoms with Gasteiger partial charge in [0.15, 0.2) is 0 Å². The topological polar surface area (TPSA) is 84.3 Å². The van der Waals surface area contributed by atoms with E-state index in [2.05, 4.69) is 30.6 Å². The summed E-state index contributed by atoms with van der Waals surface area (Å²) in [5.74, 6) is -0.0769. The Labute approximate surface area is 145 Å².